The van der Waals surface area contributed by atoms with Crippen LogP contribution in [0.25, 0.3) is 22.2 Å². The second kappa shape index (κ2) is 11.0. The fourth-order valence-electron chi connectivity index (χ4n) is 5.35. The monoisotopic (exact) mass is 610 g/mol. The van der Waals surface area contributed by atoms with Crippen LogP contribution in [0.1, 0.15) is 41.4 Å². The van der Waals surface area contributed by atoms with Crippen molar-refractivity contribution in [3.05, 3.63) is 83.4 Å². The zero-order valence-corrected chi connectivity index (χ0v) is 24.0. The van der Waals surface area contributed by atoms with E-state index in [2.05, 4.69) is 20.6 Å². The topological polar surface area (TPSA) is 106 Å². The van der Waals surface area contributed by atoms with Gasteiger partial charge in [0.05, 0.1) is 26.0 Å². The number of benzene rings is 2. The molecular formula is C32H30F4N4O4. The second-order valence-electron chi connectivity index (χ2n) is 11.5. The summed E-state index contributed by atoms with van der Waals surface area (Å²) in [5.41, 5.74) is -3.76. The molecule has 3 N–H and O–H groups in total. The number of hydrogen-bond donors (Lipinski definition) is 3. The normalized spacial score (nSPS) is 19.2. The predicted molar refractivity (Wildman–Crippen MR) is 154 cm³/mol. The highest BCUT2D eigenvalue weighted by Gasteiger charge is 2.57. The van der Waals surface area contributed by atoms with Crippen molar-refractivity contribution >= 4 is 16.8 Å². The van der Waals surface area contributed by atoms with E-state index in [1.54, 1.807) is 18.3 Å². The fourth-order valence-corrected chi connectivity index (χ4v) is 5.35. The SMILES string of the molecule is COc1cc(C(=O)NC[C@](O)(c2cc3c(c(-c4ccc(F)cc4)n2)OC[C@]3(C)CNC2CC2)C(F)(F)F)cc2cccnc12. The number of fused-ring (bicyclic) bond motifs is 2. The molecule has 1 saturated carbocycles. The average molecular weight is 611 g/mol. The third kappa shape index (κ3) is 5.43. The van der Waals surface area contributed by atoms with E-state index in [9.17, 15) is 27.5 Å². The van der Waals surface area contributed by atoms with Crippen molar-refractivity contribution in [3.8, 4) is 22.8 Å². The van der Waals surface area contributed by atoms with Crippen LogP contribution < -0.4 is 20.1 Å². The van der Waals surface area contributed by atoms with Crippen molar-refractivity contribution in [2.75, 3.05) is 26.8 Å². The molecule has 0 spiro atoms. The molecule has 3 heterocycles. The number of pyridine rings is 2. The van der Waals surface area contributed by atoms with E-state index in [4.69, 9.17) is 9.47 Å². The number of alkyl halides is 3. The van der Waals surface area contributed by atoms with Crippen LogP contribution in [0.15, 0.2) is 60.8 Å². The molecule has 8 nitrogen and oxygen atoms in total. The molecule has 1 amide bonds. The second-order valence-corrected chi connectivity index (χ2v) is 11.5. The smallest absolute Gasteiger partial charge is 0.424 e. The summed E-state index contributed by atoms with van der Waals surface area (Å²) >= 11 is 0. The number of amides is 1. The maximum absolute atomic E-state index is 14.8. The van der Waals surface area contributed by atoms with E-state index in [1.807, 2.05) is 6.92 Å². The van der Waals surface area contributed by atoms with Gasteiger partial charge in [0.25, 0.3) is 5.91 Å². The van der Waals surface area contributed by atoms with Crippen molar-refractivity contribution < 1.29 is 36.9 Å². The predicted octanol–water partition coefficient (Wildman–Crippen LogP) is 5.03. The highest BCUT2D eigenvalue weighted by Crippen LogP contribution is 2.48. The number of methoxy groups -OCH3 is 1. The Labute approximate surface area is 250 Å². The molecule has 1 aliphatic heterocycles. The molecule has 0 bridgehead atoms. The summed E-state index contributed by atoms with van der Waals surface area (Å²) in [7, 11) is 1.39. The molecule has 2 aromatic carbocycles. The van der Waals surface area contributed by atoms with Gasteiger partial charge in [-0.2, -0.15) is 13.2 Å². The van der Waals surface area contributed by atoms with E-state index >= 15 is 0 Å². The largest absolute Gasteiger partial charge is 0.494 e. The van der Waals surface area contributed by atoms with E-state index in [1.165, 1.54) is 49.6 Å². The number of nitrogens with zero attached hydrogens (tertiary/aromatic N) is 2. The minimum absolute atomic E-state index is 0.0212. The van der Waals surface area contributed by atoms with Crippen LogP contribution >= 0.6 is 0 Å². The lowest BCUT2D eigenvalue weighted by molar-refractivity contribution is -0.265. The third-order valence-corrected chi connectivity index (χ3v) is 8.18. The number of carbonyl (C=O) groups excluding carboxylic acids is 1. The number of carbonyl (C=O) groups is 1. The van der Waals surface area contributed by atoms with E-state index in [0.29, 0.717) is 34.6 Å². The first kappa shape index (κ1) is 29.8. The van der Waals surface area contributed by atoms with Gasteiger partial charge in [0.15, 0.2) is 0 Å². The lowest BCUT2D eigenvalue weighted by atomic mass is 9.82. The minimum atomic E-state index is -5.24. The summed E-state index contributed by atoms with van der Waals surface area (Å²) in [5, 5.41) is 17.6. The first-order chi connectivity index (χ1) is 20.9. The van der Waals surface area contributed by atoms with Crippen molar-refractivity contribution in [1.29, 1.82) is 0 Å². The third-order valence-electron chi connectivity index (χ3n) is 8.18. The highest BCUT2D eigenvalue weighted by molar-refractivity contribution is 5.99. The summed E-state index contributed by atoms with van der Waals surface area (Å²) in [4.78, 5) is 21.7. The fraction of sp³-hybridized carbons (Fsp3) is 0.344. The molecule has 2 atom stereocenters. The average Bonchev–Trinajstić information content (AvgIpc) is 3.79. The van der Waals surface area contributed by atoms with Gasteiger partial charge in [-0.05, 0) is 61.4 Å². The molecule has 0 saturated heterocycles. The lowest BCUT2D eigenvalue weighted by Crippen LogP contribution is -2.51. The zero-order valence-electron chi connectivity index (χ0n) is 24.0. The number of aromatic nitrogens is 2. The lowest BCUT2D eigenvalue weighted by Gasteiger charge is -2.32. The summed E-state index contributed by atoms with van der Waals surface area (Å²) < 4.78 is 69.5. The quantitative estimate of drug-likeness (QED) is 0.229. The molecule has 1 fully saturated rings. The molecule has 44 heavy (non-hydrogen) atoms. The van der Waals surface area contributed by atoms with E-state index < -0.39 is 41.2 Å². The summed E-state index contributed by atoms with van der Waals surface area (Å²) in [6.45, 7) is 1.23. The van der Waals surface area contributed by atoms with Crippen LogP contribution in [0.4, 0.5) is 17.6 Å². The summed E-state index contributed by atoms with van der Waals surface area (Å²) in [6, 6.07) is 12.8. The first-order valence-corrected chi connectivity index (χ1v) is 14.1. The Kier molecular flexibility index (Phi) is 7.45. The maximum atomic E-state index is 14.8. The number of hydrogen-bond acceptors (Lipinski definition) is 7. The van der Waals surface area contributed by atoms with Crippen LogP contribution in [0.5, 0.6) is 11.5 Å². The van der Waals surface area contributed by atoms with Gasteiger partial charge in [0.2, 0.25) is 5.60 Å². The molecular weight excluding hydrogens is 580 g/mol. The molecule has 6 rings (SSSR count). The molecule has 0 unspecified atom stereocenters. The van der Waals surface area contributed by atoms with Gasteiger partial charge >= 0.3 is 6.18 Å². The number of nitrogens with one attached hydrogen (secondary N) is 2. The first-order valence-electron chi connectivity index (χ1n) is 14.1. The van der Waals surface area contributed by atoms with E-state index in [-0.39, 0.29) is 29.4 Å². The van der Waals surface area contributed by atoms with Gasteiger partial charge in [-0.3, -0.25) is 9.78 Å². The molecule has 1 aliphatic carbocycles. The number of rotatable bonds is 9. The van der Waals surface area contributed by atoms with Gasteiger partial charge in [0.1, 0.15) is 28.5 Å². The maximum Gasteiger partial charge on any atom is 0.424 e. The van der Waals surface area contributed by atoms with Crippen molar-refractivity contribution in [2.24, 2.45) is 0 Å². The van der Waals surface area contributed by atoms with Crippen molar-refractivity contribution in [1.82, 2.24) is 20.6 Å². The van der Waals surface area contributed by atoms with E-state index in [0.717, 1.165) is 12.8 Å². The van der Waals surface area contributed by atoms with Gasteiger partial charge in [-0.15, -0.1) is 0 Å². The number of ether oxygens (including phenoxy) is 2. The number of aliphatic hydroxyl groups is 1. The standard InChI is InChI=1S/C32H30F4N4O4/c1-30(15-38-22-9-10-22)17-44-28-23(30)14-25(40-27(28)18-5-7-21(33)8-6-18)31(42,32(34,35)36)16-39-29(41)20-12-19-4-3-11-37-26(19)24(13-20)43-2/h3-8,11-14,22,38,42H,9-10,15-17H2,1-2H3,(H,39,41)/t30-,31-/m0/s1. The summed E-state index contributed by atoms with van der Waals surface area (Å²) in [5.74, 6) is -0.858. The Morgan fingerprint density at radius 2 is 1.91 bits per heavy atom. The molecule has 0 radical (unpaired) electrons. The minimum Gasteiger partial charge on any atom is -0.494 e. The molecule has 2 aromatic heterocycles. The van der Waals surface area contributed by atoms with Crippen LogP contribution in [0, 0.1) is 5.82 Å². The Balaban J connectivity index is 1.40. The molecule has 2 aliphatic rings. The Morgan fingerprint density at radius 1 is 1.16 bits per heavy atom. The molecule has 230 valence electrons. The van der Waals surface area contributed by atoms with Gasteiger partial charge < -0.3 is 25.2 Å². The van der Waals surface area contributed by atoms with Crippen LogP contribution in [0.2, 0.25) is 0 Å². The van der Waals surface area contributed by atoms with Gasteiger partial charge in [0, 0.05) is 46.3 Å². The van der Waals surface area contributed by atoms with Crippen molar-refractivity contribution in [3.63, 3.8) is 0 Å². The number of halogens is 4. The Bertz CT molecular complexity index is 1730. The van der Waals surface area contributed by atoms with Crippen molar-refractivity contribution in [2.45, 2.75) is 43.0 Å². The molecule has 12 heteroatoms. The van der Waals surface area contributed by atoms with Crippen LogP contribution in [-0.2, 0) is 11.0 Å². The van der Waals surface area contributed by atoms with Crippen LogP contribution in [0.3, 0.4) is 0 Å². The zero-order chi connectivity index (χ0) is 31.3. The van der Waals surface area contributed by atoms with Gasteiger partial charge in [-0.1, -0.05) is 13.0 Å². The highest BCUT2D eigenvalue weighted by atomic mass is 19.4. The van der Waals surface area contributed by atoms with Gasteiger partial charge in [-0.25, -0.2) is 9.37 Å². The summed E-state index contributed by atoms with van der Waals surface area (Å²) in [6.07, 6.45) is -1.66. The Hall–Kier alpha value is -4.29. The van der Waals surface area contributed by atoms with Crippen LogP contribution in [-0.4, -0.2) is 60.0 Å². The Morgan fingerprint density at radius 3 is 2.59 bits per heavy atom. The molecule has 4 aromatic rings.